The molecular weight excluding hydrogens is 515 g/mol. The highest BCUT2D eigenvalue weighted by molar-refractivity contribution is 9.10. The molecule has 0 aliphatic rings. The Bertz CT molecular complexity index is 1150. The van der Waals surface area contributed by atoms with Gasteiger partial charge in [0, 0.05) is 15.2 Å². The van der Waals surface area contributed by atoms with Gasteiger partial charge in [0.25, 0.3) is 15.9 Å². The van der Waals surface area contributed by atoms with Crippen LogP contribution < -0.4 is 14.8 Å². The number of hydrogen-bond donors (Lipinski definition) is 2. The molecule has 0 spiro atoms. The zero-order chi connectivity index (χ0) is 21.7. The maximum absolute atomic E-state index is 12.5. The largest absolute Gasteiger partial charge is 0.484 e. The van der Waals surface area contributed by atoms with E-state index in [1.807, 2.05) is 0 Å². The standard InChI is InChI=1S/C20H15BrCl2N2O4S/c21-13-1-4-15(5-2-13)25-30(27,28)17-8-6-16(7-9-17)29-12-20(26)24-19-10-3-14(22)11-18(19)23/h1-11,25H,12H2,(H,24,26). The van der Waals surface area contributed by atoms with Crippen molar-refractivity contribution in [3.05, 3.63) is 81.2 Å². The van der Waals surface area contributed by atoms with Crippen molar-refractivity contribution in [2.75, 3.05) is 16.6 Å². The molecule has 30 heavy (non-hydrogen) atoms. The van der Waals surface area contributed by atoms with Gasteiger partial charge in [-0.05, 0) is 66.7 Å². The van der Waals surface area contributed by atoms with Gasteiger partial charge < -0.3 is 10.1 Å². The summed E-state index contributed by atoms with van der Waals surface area (Å²) >= 11 is 15.1. The topological polar surface area (TPSA) is 84.5 Å². The minimum absolute atomic E-state index is 0.0650. The lowest BCUT2D eigenvalue weighted by atomic mass is 10.3. The van der Waals surface area contributed by atoms with Crippen LogP contribution in [-0.2, 0) is 14.8 Å². The molecule has 0 saturated carbocycles. The Morgan fingerprint density at radius 1 is 0.967 bits per heavy atom. The Kier molecular flexibility index (Phi) is 7.25. The van der Waals surface area contributed by atoms with Crippen molar-refractivity contribution in [1.29, 1.82) is 0 Å². The second kappa shape index (κ2) is 9.70. The molecule has 0 atom stereocenters. The maximum Gasteiger partial charge on any atom is 0.262 e. The van der Waals surface area contributed by atoms with Crippen LogP contribution in [0.15, 0.2) is 76.1 Å². The molecule has 10 heteroatoms. The van der Waals surface area contributed by atoms with E-state index < -0.39 is 15.9 Å². The Hall–Kier alpha value is -2.26. The molecule has 2 N–H and O–H groups in total. The Balaban J connectivity index is 1.58. The summed E-state index contributed by atoms with van der Waals surface area (Å²) in [5, 5.41) is 3.38. The number of carbonyl (C=O) groups is 1. The van der Waals surface area contributed by atoms with Crippen molar-refractivity contribution in [3.8, 4) is 5.75 Å². The molecule has 0 radical (unpaired) electrons. The summed E-state index contributed by atoms with van der Waals surface area (Å²) in [6.45, 7) is -0.276. The van der Waals surface area contributed by atoms with Crippen molar-refractivity contribution in [2.45, 2.75) is 4.90 Å². The molecule has 0 heterocycles. The number of halogens is 3. The molecule has 3 aromatic rings. The van der Waals surface area contributed by atoms with Gasteiger partial charge in [-0.3, -0.25) is 9.52 Å². The van der Waals surface area contributed by atoms with Crippen molar-refractivity contribution in [3.63, 3.8) is 0 Å². The minimum Gasteiger partial charge on any atom is -0.484 e. The molecule has 156 valence electrons. The van der Waals surface area contributed by atoms with Crippen LogP contribution in [-0.4, -0.2) is 20.9 Å². The van der Waals surface area contributed by atoms with Crippen molar-refractivity contribution in [1.82, 2.24) is 0 Å². The zero-order valence-corrected chi connectivity index (χ0v) is 19.1. The first kappa shape index (κ1) is 22.4. The van der Waals surface area contributed by atoms with E-state index >= 15 is 0 Å². The van der Waals surface area contributed by atoms with Gasteiger partial charge in [0.2, 0.25) is 0 Å². The summed E-state index contributed by atoms with van der Waals surface area (Å²) in [5.41, 5.74) is 0.853. The van der Waals surface area contributed by atoms with Gasteiger partial charge >= 0.3 is 0 Å². The minimum atomic E-state index is -3.75. The fourth-order valence-corrected chi connectivity index (χ4v) is 4.15. The van der Waals surface area contributed by atoms with Crippen LogP contribution in [0.1, 0.15) is 0 Å². The molecule has 0 fully saturated rings. The van der Waals surface area contributed by atoms with E-state index in [9.17, 15) is 13.2 Å². The summed E-state index contributed by atoms with van der Waals surface area (Å²) in [6, 6.07) is 17.2. The van der Waals surface area contributed by atoms with Crippen LogP contribution in [0.4, 0.5) is 11.4 Å². The second-order valence-corrected chi connectivity index (χ2v) is 9.49. The number of nitrogens with one attached hydrogen (secondary N) is 2. The normalized spacial score (nSPS) is 11.0. The second-order valence-electron chi connectivity index (χ2n) is 6.04. The smallest absolute Gasteiger partial charge is 0.262 e. The molecule has 3 rings (SSSR count). The molecule has 0 bridgehead atoms. The molecule has 0 saturated heterocycles. The number of anilines is 2. The Labute approximate surface area is 192 Å². The third-order valence-electron chi connectivity index (χ3n) is 3.81. The predicted octanol–water partition coefficient (Wildman–Crippen LogP) is 5.57. The van der Waals surface area contributed by atoms with Gasteiger partial charge in [-0.15, -0.1) is 0 Å². The summed E-state index contributed by atoms with van der Waals surface area (Å²) in [5.74, 6) is -0.0808. The number of ether oxygens (including phenoxy) is 1. The lowest BCUT2D eigenvalue weighted by molar-refractivity contribution is -0.118. The Morgan fingerprint density at radius 3 is 2.27 bits per heavy atom. The molecule has 6 nitrogen and oxygen atoms in total. The molecule has 0 aromatic heterocycles. The fourth-order valence-electron chi connectivity index (χ4n) is 2.37. The van der Waals surface area contributed by atoms with Crippen molar-refractivity contribution < 1.29 is 17.9 Å². The molecule has 0 aliphatic heterocycles. The number of carbonyl (C=O) groups excluding carboxylic acids is 1. The van der Waals surface area contributed by atoms with Crippen molar-refractivity contribution >= 4 is 66.4 Å². The van der Waals surface area contributed by atoms with Gasteiger partial charge in [-0.2, -0.15) is 0 Å². The molecule has 1 amide bonds. The summed E-state index contributed by atoms with van der Waals surface area (Å²) < 4.78 is 33.7. The third-order valence-corrected chi connectivity index (χ3v) is 6.28. The van der Waals surface area contributed by atoms with Gasteiger partial charge in [-0.1, -0.05) is 39.1 Å². The molecular formula is C20H15BrCl2N2O4S. The van der Waals surface area contributed by atoms with Crippen LogP contribution in [0.3, 0.4) is 0 Å². The van der Waals surface area contributed by atoms with E-state index in [-0.39, 0.29) is 11.5 Å². The highest BCUT2D eigenvalue weighted by atomic mass is 79.9. The summed E-state index contributed by atoms with van der Waals surface area (Å²) in [7, 11) is -3.75. The Morgan fingerprint density at radius 2 is 1.63 bits per heavy atom. The lowest BCUT2D eigenvalue weighted by Gasteiger charge is -2.11. The van der Waals surface area contributed by atoms with E-state index in [0.717, 1.165) is 4.47 Å². The maximum atomic E-state index is 12.5. The zero-order valence-electron chi connectivity index (χ0n) is 15.2. The van der Waals surface area contributed by atoms with E-state index in [4.69, 9.17) is 27.9 Å². The van der Waals surface area contributed by atoms with Gasteiger partial charge in [0.1, 0.15) is 5.75 Å². The monoisotopic (exact) mass is 528 g/mol. The van der Waals surface area contributed by atoms with Crippen LogP contribution in [0.2, 0.25) is 10.0 Å². The van der Waals surface area contributed by atoms with E-state index in [1.165, 1.54) is 30.3 Å². The fraction of sp³-hybridized carbons (Fsp3) is 0.0500. The summed E-state index contributed by atoms with van der Waals surface area (Å²) in [4.78, 5) is 12.1. The van der Waals surface area contributed by atoms with Crippen molar-refractivity contribution in [2.24, 2.45) is 0 Å². The number of hydrogen-bond acceptors (Lipinski definition) is 4. The third kappa shape index (κ3) is 6.12. The SMILES string of the molecule is O=C(COc1ccc(S(=O)(=O)Nc2ccc(Br)cc2)cc1)Nc1ccc(Cl)cc1Cl. The van der Waals surface area contributed by atoms with E-state index in [1.54, 1.807) is 36.4 Å². The van der Waals surface area contributed by atoms with Crippen LogP contribution in [0.25, 0.3) is 0 Å². The van der Waals surface area contributed by atoms with E-state index in [0.29, 0.717) is 27.2 Å². The quantitative estimate of drug-likeness (QED) is 0.418. The first-order valence-corrected chi connectivity index (χ1v) is 11.5. The van der Waals surface area contributed by atoms with Gasteiger partial charge in [0.05, 0.1) is 15.6 Å². The van der Waals surface area contributed by atoms with Gasteiger partial charge in [0.15, 0.2) is 6.61 Å². The molecule has 0 unspecified atom stereocenters. The first-order valence-electron chi connectivity index (χ1n) is 8.49. The molecule has 0 aliphatic carbocycles. The van der Waals surface area contributed by atoms with Crippen LogP contribution >= 0.6 is 39.1 Å². The number of benzene rings is 3. The van der Waals surface area contributed by atoms with Gasteiger partial charge in [-0.25, -0.2) is 8.42 Å². The first-order chi connectivity index (χ1) is 14.2. The lowest BCUT2D eigenvalue weighted by Crippen LogP contribution is -2.20. The number of rotatable bonds is 7. The number of amides is 1. The molecule has 3 aromatic carbocycles. The average Bonchev–Trinajstić information content (AvgIpc) is 2.70. The highest BCUT2D eigenvalue weighted by Gasteiger charge is 2.14. The number of sulfonamides is 1. The van der Waals surface area contributed by atoms with Crippen LogP contribution in [0, 0.1) is 0 Å². The van der Waals surface area contributed by atoms with E-state index in [2.05, 4.69) is 26.0 Å². The summed E-state index contributed by atoms with van der Waals surface area (Å²) in [6.07, 6.45) is 0. The predicted molar refractivity (Wildman–Crippen MR) is 122 cm³/mol. The average molecular weight is 530 g/mol. The highest BCUT2D eigenvalue weighted by Crippen LogP contribution is 2.25. The van der Waals surface area contributed by atoms with Crippen LogP contribution in [0.5, 0.6) is 5.75 Å².